The third kappa shape index (κ3) is 5.71. The Labute approximate surface area is 126 Å². The zero-order chi connectivity index (χ0) is 14.9. The summed E-state index contributed by atoms with van der Waals surface area (Å²) in [6.45, 7) is 5.58. The Morgan fingerprint density at radius 2 is 2.19 bits per heavy atom. The van der Waals surface area contributed by atoms with Crippen molar-refractivity contribution in [3.63, 3.8) is 0 Å². The van der Waals surface area contributed by atoms with Gasteiger partial charge in [0.25, 0.3) is 0 Å². The molecule has 1 aromatic rings. The molecule has 0 fully saturated rings. The first-order valence-electron chi connectivity index (χ1n) is 7.19. The lowest BCUT2D eigenvalue weighted by molar-refractivity contribution is 0.474. The SMILES string of the molecule is C=C1/C=C\C=C/C/C(CCNCc2cccc(O)c2)=C\N1. The van der Waals surface area contributed by atoms with Crippen LogP contribution in [-0.2, 0) is 6.54 Å². The number of aromatic hydroxyl groups is 1. The van der Waals surface area contributed by atoms with Crippen molar-refractivity contribution in [2.45, 2.75) is 19.4 Å². The maximum atomic E-state index is 9.42. The zero-order valence-corrected chi connectivity index (χ0v) is 12.2. The third-order valence-corrected chi connectivity index (χ3v) is 3.25. The minimum absolute atomic E-state index is 0.314. The van der Waals surface area contributed by atoms with Crippen LogP contribution < -0.4 is 10.6 Å². The van der Waals surface area contributed by atoms with E-state index in [0.29, 0.717) is 5.75 Å². The van der Waals surface area contributed by atoms with Gasteiger partial charge in [0.1, 0.15) is 5.75 Å². The number of phenolic OH excluding ortho intramolecular Hbond substituents is 1. The molecule has 0 aromatic heterocycles. The molecule has 3 heteroatoms. The fourth-order valence-electron chi connectivity index (χ4n) is 2.09. The van der Waals surface area contributed by atoms with Crippen LogP contribution in [0.4, 0.5) is 0 Å². The minimum Gasteiger partial charge on any atom is -0.508 e. The van der Waals surface area contributed by atoms with Crippen molar-refractivity contribution in [3.05, 3.63) is 78.2 Å². The van der Waals surface area contributed by atoms with Gasteiger partial charge in [0.05, 0.1) is 0 Å². The van der Waals surface area contributed by atoms with Gasteiger partial charge in [0, 0.05) is 18.4 Å². The molecule has 3 N–H and O–H groups in total. The fraction of sp³-hybridized carbons (Fsp3) is 0.222. The lowest BCUT2D eigenvalue weighted by atomic mass is 10.1. The highest BCUT2D eigenvalue weighted by Gasteiger charge is 1.99. The summed E-state index contributed by atoms with van der Waals surface area (Å²) in [5.41, 5.74) is 3.32. The van der Waals surface area contributed by atoms with Crippen molar-refractivity contribution in [3.8, 4) is 5.75 Å². The molecule has 0 saturated heterocycles. The second kappa shape index (κ2) is 8.12. The van der Waals surface area contributed by atoms with Crippen molar-refractivity contribution in [1.82, 2.24) is 10.6 Å². The monoisotopic (exact) mass is 282 g/mol. The Bertz CT molecular complexity index is 570. The van der Waals surface area contributed by atoms with Crippen LogP contribution in [0.15, 0.2) is 72.6 Å². The largest absolute Gasteiger partial charge is 0.508 e. The van der Waals surface area contributed by atoms with Crippen LogP contribution in [0.5, 0.6) is 5.75 Å². The summed E-state index contributed by atoms with van der Waals surface area (Å²) in [7, 11) is 0. The summed E-state index contributed by atoms with van der Waals surface area (Å²) in [5.74, 6) is 0.314. The van der Waals surface area contributed by atoms with E-state index in [1.54, 1.807) is 12.1 Å². The molecule has 0 radical (unpaired) electrons. The Kier molecular flexibility index (Phi) is 5.85. The van der Waals surface area contributed by atoms with E-state index in [1.807, 2.05) is 36.6 Å². The van der Waals surface area contributed by atoms with Crippen LogP contribution in [0, 0.1) is 0 Å². The zero-order valence-electron chi connectivity index (χ0n) is 12.2. The van der Waals surface area contributed by atoms with Gasteiger partial charge in [-0.05, 0) is 48.7 Å². The van der Waals surface area contributed by atoms with Crippen molar-refractivity contribution >= 4 is 0 Å². The normalized spacial score (nSPS) is 20.4. The predicted octanol–water partition coefficient (Wildman–Crippen LogP) is 3.38. The number of nitrogens with one attached hydrogen (secondary N) is 2. The number of phenols is 1. The van der Waals surface area contributed by atoms with E-state index in [4.69, 9.17) is 0 Å². The molecule has 0 saturated carbocycles. The van der Waals surface area contributed by atoms with E-state index in [2.05, 4.69) is 23.3 Å². The first-order chi connectivity index (χ1) is 10.2. The second-order valence-corrected chi connectivity index (χ2v) is 5.06. The standard InChI is InChI=1S/C18H22N2O/c1-15-6-3-2-4-7-16(14-20-15)10-11-19-13-17-8-5-9-18(21)12-17/h2-6,8-9,12,14,19-21H,1,7,10-11,13H2/b4-2-,6-3-,16-14+. The van der Waals surface area contributed by atoms with Crippen molar-refractivity contribution in [2.24, 2.45) is 0 Å². The molecular weight excluding hydrogens is 260 g/mol. The molecule has 0 amide bonds. The number of hydrogen-bond donors (Lipinski definition) is 3. The summed E-state index contributed by atoms with van der Waals surface area (Å²) in [4.78, 5) is 0. The average molecular weight is 282 g/mol. The smallest absolute Gasteiger partial charge is 0.115 e. The van der Waals surface area contributed by atoms with E-state index >= 15 is 0 Å². The molecule has 0 unspecified atom stereocenters. The van der Waals surface area contributed by atoms with Crippen LogP contribution in [0.2, 0.25) is 0 Å². The van der Waals surface area contributed by atoms with E-state index in [1.165, 1.54) is 5.57 Å². The van der Waals surface area contributed by atoms with Crippen molar-refractivity contribution < 1.29 is 5.11 Å². The molecule has 1 heterocycles. The molecule has 3 nitrogen and oxygen atoms in total. The van der Waals surface area contributed by atoms with Gasteiger partial charge in [-0.2, -0.15) is 0 Å². The van der Waals surface area contributed by atoms with Gasteiger partial charge in [-0.3, -0.25) is 0 Å². The highest BCUT2D eigenvalue weighted by molar-refractivity contribution is 5.27. The topological polar surface area (TPSA) is 44.3 Å². The molecule has 0 bridgehead atoms. The van der Waals surface area contributed by atoms with E-state index < -0.39 is 0 Å². The first kappa shape index (κ1) is 15.1. The molecule has 21 heavy (non-hydrogen) atoms. The summed E-state index contributed by atoms with van der Waals surface area (Å²) in [5, 5.41) is 16.0. The summed E-state index contributed by atoms with van der Waals surface area (Å²) < 4.78 is 0. The van der Waals surface area contributed by atoms with Gasteiger partial charge >= 0.3 is 0 Å². The fourth-order valence-corrected chi connectivity index (χ4v) is 2.09. The maximum absolute atomic E-state index is 9.42. The molecule has 2 rings (SSSR count). The molecule has 1 aliphatic rings. The molecular formula is C18H22N2O. The molecule has 110 valence electrons. The van der Waals surface area contributed by atoms with E-state index in [0.717, 1.165) is 37.2 Å². The lowest BCUT2D eigenvalue weighted by Crippen LogP contribution is -2.15. The Morgan fingerprint density at radius 1 is 1.29 bits per heavy atom. The van der Waals surface area contributed by atoms with Gasteiger partial charge in [-0.25, -0.2) is 0 Å². The molecule has 1 aromatic carbocycles. The van der Waals surface area contributed by atoms with Crippen LogP contribution in [-0.4, -0.2) is 11.7 Å². The summed E-state index contributed by atoms with van der Waals surface area (Å²) in [6, 6.07) is 7.34. The van der Waals surface area contributed by atoms with Gasteiger partial charge < -0.3 is 15.7 Å². The second-order valence-electron chi connectivity index (χ2n) is 5.06. The average Bonchev–Trinajstić information content (AvgIpc) is 2.57. The Hall–Kier alpha value is -2.26. The van der Waals surface area contributed by atoms with Crippen LogP contribution in [0.1, 0.15) is 18.4 Å². The predicted molar refractivity (Wildman–Crippen MR) is 87.7 cm³/mol. The third-order valence-electron chi connectivity index (χ3n) is 3.25. The molecule has 0 atom stereocenters. The number of hydrogen-bond acceptors (Lipinski definition) is 3. The number of allylic oxidation sites excluding steroid dienone is 4. The Morgan fingerprint density at radius 3 is 3.05 bits per heavy atom. The van der Waals surface area contributed by atoms with Gasteiger partial charge in [-0.15, -0.1) is 0 Å². The maximum Gasteiger partial charge on any atom is 0.115 e. The van der Waals surface area contributed by atoms with Gasteiger partial charge in [0.15, 0.2) is 0 Å². The van der Waals surface area contributed by atoms with Crippen LogP contribution in [0.3, 0.4) is 0 Å². The van der Waals surface area contributed by atoms with E-state index in [-0.39, 0.29) is 0 Å². The minimum atomic E-state index is 0.314. The number of benzene rings is 1. The van der Waals surface area contributed by atoms with Crippen molar-refractivity contribution in [2.75, 3.05) is 6.54 Å². The molecule has 0 aliphatic carbocycles. The lowest BCUT2D eigenvalue weighted by Gasteiger charge is -2.08. The molecule has 1 aliphatic heterocycles. The Balaban J connectivity index is 1.77. The van der Waals surface area contributed by atoms with Gasteiger partial charge in [0.2, 0.25) is 0 Å². The summed E-state index contributed by atoms with van der Waals surface area (Å²) >= 11 is 0. The summed E-state index contributed by atoms with van der Waals surface area (Å²) in [6.07, 6.45) is 12.1. The van der Waals surface area contributed by atoms with Crippen molar-refractivity contribution in [1.29, 1.82) is 0 Å². The van der Waals surface area contributed by atoms with Crippen LogP contribution >= 0.6 is 0 Å². The van der Waals surface area contributed by atoms with E-state index in [9.17, 15) is 5.11 Å². The van der Waals surface area contributed by atoms with Crippen LogP contribution in [0.25, 0.3) is 0 Å². The molecule has 0 spiro atoms. The number of rotatable bonds is 5. The first-order valence-corrected chi connectivity index (χ1v) is 7.19. The highest BCUT2D eigenvalue weighted by Crippen LogP contribution is 2.11. The highest BCUT2D eigenvalue weighted by atomic mass is 16.3. The van der Waals surface area contributed by atoms with Gasteiger partial charge in [-0.1, -0.05) is 36.9 Å². The quantitative estimate of drug-likeness (QED) is 0.725.